The number of tetrazole rings is 1. The average Bonchev–Trinajstić information content (AvgIpc) is 3.62. The highest BCUT2D eigenvalue weighted by Crippen LogP contribution is 2.60. The van der Waals surface area contributed by atoms with Crippen molar-refractivity contribution in [3.05, 3.63) is 89.7 Å². The molecule has 2 heterocycles. The molecule has 2 fully saturated rings. The number of benzene rings is 2. The smallest absolute Gasteiger partial charge is 0.204 e. The van der Waals surface area contributed by atoms with Crippen LogP contribution in [0.15, 0.2) is 72.9 Å². The van der Waals surface area contributed by atoms with E-state index < -0.39 is 0 Å². The molecule has 2 aliphatic carbocycles. The molecular formula is C26H25N5O. The highest BCUT2D eigenvalue weighted by Gasteiger charge is 2.52. The molecule has 6 rings (SSSR count). The van der Waals surface area contributed by atoms with Crippen LogP contribution in [-0.4, -0.2) is 25.6 Å². The summed E-state index contributed by atoms with van der Waals surface area (Å²) in [7, 11) is 0. The van der Waals surface area contributed by atoms with Crippen LogP contribution in [0.1, 0.15) is 42.5 Å². The number of nitrogens with zero attached hydrogens (tertiary/aromatic N) is 4. The molecule has 0 aliphatic heterocycles. The number of rotatable bonds is 6. The zero-order valence-corrected chi connectivity index (χ0v) is 17.8. The molecule has 2 aromatic heterocycles. The van der Waals surface area contributed by atoms with Gasteiger partial charge in [0.15, 0.2) is 0 Å². The van der Waals surface area contributed by atoms with Gasteiger partial charge in [-0.1, -0.05) is 48.9 Å². The summed E-state index contributed by atoms with van der Waals surface area (Å²) in [5.74, 6) is 3.01. The van der Waals surface area contributed by atoms with Crippen molar-refractivity contribution in [1.29, 1.82) is 0 Å². The van der Waals surface area contributed by atoms with Crippen LogP contribution < -0.4 is 4.74 Å². The molecule has 3 atom stereocenters. The predicted octanol–water partition coefficient (Wildman–Crippen LogP) is 4.95. The highest BCUT2D eigenvalue weighted by atomic mass is 16.5. The molecule has 1 N–H and O–H groups in total. The lowest BCUT2D eigenvalue weighted by molar-refractivity contribution is 0.299. The number of aromatic amines is 1. The fraction of sp³-hybridized carbons (Fsp3) is 0.308. The third kappa shape index (κ3) is 3.27. The standard InChI is InChI=1S/C26H25N5O/c1-2-14-27-23(3-1)17-32-24-12-10-21(11-13-24)26(16-18-4-7-22(26)15-18)20-8-5-19(6-9-20)25-28-30-31-29-25/h1-3,5-6,8-14,18,22H,4,7,15-17H2,(H,28,29,30,31)/t18?,22?,26-/m0/s1. The molecule has 0 spiro atoms. The van der Waals surface area contributed by atoms with Gasteiger partial charge in [-0.05, 0) is 71.7 Å². The average molecular weight is 424 g/mol. The first-order valence-corrected chi connectivity index (χ1v) is 11.3. The van der Waals surface area contributed by atoms with E-state index in [2.05, 4.69) is 74.1 Å². The van der Waals surface area contributed by atoms with Gasteiger partial charge in [0, 0.05) is 17.2 Å². The van der Waals surface area contributed by atoms with Crippen LogP contribution >= 0.6 is 0 Å². The molecular weight excluding hydrogens is 398 g/mol. The summed E-state index contributed by atoms with van der Waals surface area (Å²) in [6.07, 6.45) is 7.00. The van der Waals surface area contributed by atoms with Gasteiger partial charge in [-0.25, -0.2) is 0 Å². The largest absolute Gasteiger partial charge is 0.487 e. The number of hydrogen-bond acceptors (Lipinski definition) is 5. The van der Waals surface area contributed by atoms with Gasteiger partial charge >= 0.3 is 0 Å². The molecule has 160 valence electrons. The van der Waals surface area contributed by atoms with Crippen LogP contribution in [0.2, 0.25) is 0 Å². The number of hydrogen-bond donors (Lipinski definition) is 1. The van der Waals surface area contributed by atoms with E-state index in [1.165, 1.54) is 36.8 Å². The quantitative estimate of drug-likeness (QED) is 0.475. The lowest BCUT2D eigenvalue weighted by Crippen LogP contribution is -2.34. The van der Waals surface area contributed by atoms with Gasteiger partial charge < -0.3 is 4.74 Å². The molecule has 6 heteroatoms. The Morgan fingerprint density at radius 1 is 0.938 bits per heavy atom. The molecule has 32 heavy (non-hydrogen) atoms. The predicted molar refractivity (Wildman–Crippen MR) is 121 cm³/mol. The van der Waals surface area contributed by atoms with Gasteiger partial charge in [0.05, 0.1) is 5.69 Å². The Hall–Kier alpha value is -3.54. The van der Waals surface area contributed by atoms with E-state index in [9.17, 15) is 0 Å². The second kappa shape index (κ2) is 7.86. The third-order valence-corrected chi connectivity index (χ3v) is 7.33. The first-order chi connectivity index (χ1) is 15.8. The van der Waals surface area contributed by atoms with E-state index in [-0.39, 0.29) is 5.41 Å². The van der Waals surface area contributed by atoms with E-state index in [1.807, 2.05) is 18.2 Å². The van der Waals surface area contributed by atoms with Gasteiger partial charge in [0.2, 0.25) is 5.82 Å². The van der Waals surface area contributed by atoms with Crippen molar-refractivity contribution in [3.63, 3.8) is 0 Å². The number of nitrogens with one attached hydrogen (secondary N) is 1. The fourth-order valence-electron chi connectivity index (χ4n) is 5.89. The van der Waals surface area contributed by atoms with Crippen LogP contribution in [-0.2, 0) is 12.0 Å². The maximum Gasteiger partial charge on any atom is 0.204 e. The minimum atomic E-state index is 0.0677. The van der Waals surface area contributed by atoms with E-state index in [4.69, 9.17) is 4.74 Å². The topological polar surface area (TPSA) is 76.6 Å². The Morgan fingerprint density at radius 2 is 1.75 bits per heavy atom. The Morgan fingerprint density at radius 3 is 2.38 bits per heavy atom. The van der Waals surface area contributed by atoms with E-state index in [1.54, 1.807) is 6.20 Å². The van der Waals surface area contributed by atoms with Gasteiger partial charge in [-0.3, -0.25) is 4.98 Å². The van der Waals surface area contributed by atoms with Crippen molar-refractivity contribution in [2.75, 3.05) is 0 Å². The van der Waals surface area contributed by atoms with Crippen molar-refractivity contribution < 1.29 is 4.74 Å². The van der Waals surface area contributed by atoms with Gasteiger partial charge in [0.25, 0.3) is 0 Å². The fourth-order valence-corrected chi connectivity index (χ4v) is 5.89. The van der Waals surface area contributed by atoms with Crippen molar-refractivity contribution in [2.45, 2.75) is 37.7 Å². The maximum atomic E-state index is 5.98. The van der Waals surface area contributed by atoms with Gasteiger partial charge in [-0.15, -0.1) is 10.2 Å². The molecule has 2 saturated carbocycles. The Bertz CT molecular complexity index is 1180. The number of aromatic nitrogens is 5. The number of ether oxygens (including phenoxy) is 1. The summed E-state index contributed by atoms with van der Waals surface area (Å²) >= 11 is 0. The summed E-state index contributed by atoms with van der Waals surface area (Å²) in [5.41, 5.74) is 4.77. The lowest BCUT2D eigenvalue weighted by Gasteiger charge is -2.39. The summed E-state index contributed by atoms with van der Waals surface area (Å²) in [6.45, 7) is 0.480. The van der Waals surface area contributed by atoms with Crippen LogP contribution in [0.25, 0.3) is 11.4 Å². The van der Waals surface area contributed by atoms with Gasteiger partial charge in [-0.2, -0.15) is 5.21 Å². The van der Waals surface area contributed by atoms with Crippen molar-refractivity contribution in [2.24, 2.45) is 11.8 Å². The molecule has 0 saturated heterocycles. The second-order valence-corrected chi connectivity index (χ2v) is 9.00. The van der Waals surface area contributed by atoms with Gasteiger partial charge in [0.1, 0.15) is 12.4 Å². The van der Waals surface area contributed by atoms with Crippen LogP contribution in [0.3, 0.4) is 0 Å². The normalized spacial score (nSPS) is 24.0. The molecule has 6 nitrogen and oxygen atoms in total. The van der Waals surface area contributed by atoms with E-state index in [0.29, 0.717) is 18.3 Å². The Balaban J connectivity index is 1.29. The number of pyridine rings is 1. The number of H-pyrrole nitrogens is 1. The highest BCUT2D eigenvalue weighted by molar-refractivity contribution is 5.56. The molecule has 4 aromatic rings. The SMILES string of the molecule is c1ccc(COc2ccc([C@@]3(c4ccc(-c5nn[nH]n5)cc4)CC4CCC3C4)cc2)nc1. The van der Waals surface area contributed by atoms with E-state index in [0.717, 1.165) is 22.9 Å². The summed E-state index contributed by atoms with van der Waals surface area (Å²) < 4.78 is 5.98. The maximum absolute atomic E-state index is 5.98. The zero-order valence-electron chi connectivity index (χ0n) is 17.8. The van der Waals surface area contributed by atoms with Crippen molar-refractivity contribution in [3.8, 4) is 17.1 Å². The molecule has 2 unspecified atom stereocenters. The monoisotopic (exact) mass is 423 g/mol. The molecule has 0 radical (unpaired) electrons. The zero-order chi connectivity index (χ0) is 21.4. The first kappa shape index (κ1) is 19.2. The van der Waals surface area contributed by atoms with Crippen molar-refractivity contribution in [1.82, 2.24) is 25.6 Å². The van der Waals surface area contributed by atoms with Crippen molar-refractivity contribution >= 4 is 0 Å². The minimum absolute atomic E-state index is 0.0677. The minimum Gasteiger partial charge on any atom is -0.487 e. The molecule has 2 bridgehead atoms. The number of fused-ring (bicyclic) bond motifs is 2. The Kier molecular flexibility index (Phi) is 4.71. The summed E-state index contributed by atoms with van der Waals surface area (Å²) in [4.78, 5) is 4.34. The molecule has 2 aliphatic rings. The van der Waals surface area contributed by atoms with E-state index >= 15 is 0 Å². The Labute approximate surface area is 187 Å². The second-order valence-electron chi connectivity index (χ2n) is 9.00. The third-order valence-electron chi connectivity index (χ3n) is 7.33. The van der Waals surface area contributed by atoms with Crippen LogP contribution in [0.4, 0.5) is 0 Å². The molecule has 2 aromatic carbocycles. The summed E-state index contributed by atoms with van der Waals surface area (Å²) in [5, 5.41) is 14.4. The lowest BCUT2D eigenvalue weighted by atomic mass is 9.64. The van der Waals surface area contributed by atoms with Crippen LogP contribution in [0.5, 0.6) is 5.75 Å². The molecule has 0 amide bonds. The summed E-state index contributed by atoms with van der Waals surface area (Å²) in [6, 6.07) is 23.4. The first-order valence-electron chi connectivity index (χ1n) is 11.3. The van der Waals surface area contributed by atoms with Crippen LogP contribution in [0, 0.1) is 11.8 Å².